The van der Waals surface area contributed by atoms with E-state index in [0.717, 1.165) is 23.4 Å². The first-order valence-corrected chi connectivity index (χ1v) is 9.71. The van der Waals surface area contributed by atoms with E-state index in [0.29, 0.717) is 26.1 Å². The maximum atomic E-state index is 12.7. The smallest absolute Gasteiger partial charge is 0.227 e. The Kier molecular flexibility index (Phi) is 5.78. The predicted octanol–water partition coefficient (Wildman–Crippen LogP) is 3.82. The average Bonchev–Trinajstić information content (AvgIpc) is 2.75. The number of aromatic nitrogens is 1. The van der Waals surface area contributed by atoms with Crippen LogP contribution in [0.25, 0.3) is 0 Å². The first kappa shape index (κ1) is 18.4. The van der Waals surface area contributed by atoms with Gasteiger partial charge in [0.05, 0.1) is 25.3 Å². The van der Waals surface area contributed by atoms with Crippen LogP contribution in [0.15, 0.2) is 78.9 Å². The molecule has 4 heteroatoms. The first-order valence-electron chi connectivity index (χ1n) is 9.71. The fourth-order valence-corrected chi connectivity index (χ4v) is 3.52. The number of hydrogen-bond acceptors (Lipinski definition) is 3. The van der Waals surface area contributed by atoms with Crippen molar-refractivity contribution < 1.29 is 9.53 Å². The normalized spacial score (nSPS) is 16.7. The van der Waals surface area contributed by atoms with Crippen molar-refractivity contribution >= 4 is 5.91 Å². The lowest BCUT2D eigenvalue weighted by molar-refractivity contribution is -0.138. The summed E-state index contributed by atoms with van der Waals surface area (Å²) in [5.41, 5.74) is 4.18. The SMILES string of the molecule is O=C(Cc1ccccc1)N1CCO[C@@H](c2cccc(Cc3ccccc3)n2)C1. The predicted molar refractivity (Wildman–Crippen MR) is 109 cm³/mol. The average molecular weight is 372 g/mol. The molecule has 0 unspecified atom stereocenters. The van der Waals surface area contributed by atoms with E-state index in [1.807, 2.05) is 71.6 Å². The molecule has 1 aliphatic rings. The Balaban J connectivity index is 1.43. The molecule has 1 amide bonds. The number of amides is 1. The Labute approximate surface area is 165 Å². The van der Waals surface area contributed by atoms with Crippen LogP contribution in [0.3, 0.4) is 0 Å². The number of morpholine rings is 1. The number of nitrogens with zero attached hydrogens (tertiary/aromatic N) is 2. The minimum Gasteiger partial charge on any atom is -0.368 e. The van der Waals surface area contributed by atoms with Gasteiger partial charge in [0.2, 0.25) is 5.91 Å². The largest absolute Gasteiger partial charge is 0.368 e. The van der Waals surface area contributed by atoms with Gasteiger partial charge >= 0.3 is 0 Å². The van der Waals surface area contributed by atoms with E-state index in [1.54, 1.807) is 0 Å². The molecule has 1 atom stereocenters. The zero-order valence-electron chi connectivity index (χ0n) is 15.8. The van der Waals surface area contributed by atoms with Crippen LogP contribution >= 0.6 is 0 Å². The zero-order valence-corrected chi connectivity index (χ0v) is 15.8. The van der Waals surface area contributed by atoms with E-state index in [2.05, 4.69) is 12.1 Å². The molecule has 0 bridgehead atoms. The fraction of sp³-hybridized carbons (Fsp3) is 0.250. The van der Waals surface area contributed by atoms with Crippen LogP contribution in [0.2, 0.25) is 0 Å². The second kappa shape index (κ2) is 8.81. The number of ether oxygens (including phenoxy) is 1. The van der Waals surface area contributed by atoms with Crippen molar-refractivity contribution in [3.05, 3.63) is 101 Å². The van der Waals surface area contributed by atoms with Crippen molar-refractivity contribution in [2.24, 2.45) is 0 Å². The second-order valence-electron chi connectivity index (χ2n) is 7.08. The molecule has 0 radical (unpaired) electrons. The highest BCUT2D eigenvalue weighted by Gasteiger charge is 2.26. The number of pyridine rings is 1. The van der Waals surface area contributed by atoms with Gasteiger partial charge < -0.3 is 9.64 Å². The number of carbonyl (C=O) groups excluding carboxylic acids is 1. The molecule has 4 rings (SSSR count). The molecule has 28 heavy (non-hydrogen) atoms. The molecule has 4 nitrogen and oxygen atoms in total. The lowest BCUT2D eigenvalue weighted by atomic mass is 10.1. The monoisotopic (exact) mass is 372 g/mol. The van der Waals surface area contributed by atoms with Crippen LogP contribution in [0, 0.1) is 0 Å². The first-order chi connectivity index (χ1) is 13.8. The number of rotatable bonds is 5. The van der Waals surface area contributed by atoms with Gasteiger partial charge in [-0.2, -0.15) is 0 Å². The summed E-state index contributed by atoms with van der Waals surface area (Å²) in [6.07, 6.45) is 1.04. The summed E-state index contributed by atoms with van der Waals surface area (Å²) in [5.74, 6) is 0.139. The third-order valence-electron chi connectivity index (χ3n) is 5.00. The molecular formula is C24H24N2O2. The van der Waals surface area contributed by atoms with Crippen molar-refractivity contribution in [2.75, 3.05) is 19.7 Å². The summed E-state index contributed by atoms with van der Waals surface area (Å²) in [6.45, 7) is 1.72. The lowest BCUT2D eigenvalue weighted by Gasteiger charge is -2.33. The minimum atomic E-state index is -0.177. The number of benzene rings is 2. The van der Waals surface area contributed by atoms with Crippen molar-refractivity contribution in [1.29, 1.82) is 0 Å². The van der Waals surface area contributed by atoms with Crippen molar-refractivity contribution in [1.82, 2.24) is 9.88 Å². The van der Waals surface area contributed by atoms with Gasteiger partial charge in [-0.1, -0.05) is 66.7 Å². The minimum absolute atomic E-state index is 0.139. The van der Waals surface area contributed by atoms with E-state index in [1.165, 1.54) is 5.56 Å². The van der Waals surface area contributed by atoms with Gasteiger partial charge in [0.25, 0.3) is 0 Å². The molecule has 0 saturated carbocycles. The highest BCUT2D eigenvalue weighted by Crippen LogP contribution is 2.22. The van der Waals surface area contributed by atoms with Crippen LogP contribution in [-0.2, 0) is 22.4 Å². The molecule has 1 aliphatic heterocycles. The number of carbonyl (C=O) groups is 1. The van der Waals surface area contributed by atoms with Crippen LogP contribution in [0.5, 0.6) is 0 Å². The Bertz CT molecular complexity index is 912. The van der Waals surface area contributed by atoms with Crippen LogP contribution in [-0.4, -0.2) is 35.5 Å². The van der Waals surface area contributed by atoms with Gasteiger partial charge in [0.1, 0.15) is 6.10 Å². The molecule has 1 fully saturated rings. The second-order valence-corrected chi connectivity index (χ2v) is 7.08. The van der Waals surface area contributed by atoms with Crippen molar-refractivity contribution in [2.45, 2.75) is 18.9 Å². The Hall–Kier alpha value is -2.98. The number of hydrogen-bond donors (Lipinski definition) is 0. The summed E-state index contributed by atoms with van der Waals surface area (Å²) in [4.78, 5) is 19.4. The Morgan fingerprint density at radius 3 is 2.39 bits per heavy atom. The van der Waals surface area contributed by atoms with E-state index in [9.17, 15) is 4.79 Å². The van der Waals surface area contributed by atoms with Crippen LogP contribution < -0.4 is 0 Å². The van der Waals surface area contributed by atoms with Crippen molar-refractivity contribution in [3.8, 4) is 0 Å². The molecular weight excluding hydrogens is 348 g/mol. The molecule has 1 saturated heterocycles. The summed E-state index contributed by atoms with van der Waals surface area (Å²) >= 11 is 0. The molecule has 2 heterocycles. The zero-order chi connectivity index (χ0) is 19.2. The van der Waals surface area contributed by atoms with Crippen LogP contribution in [0.1, 0.15) is 28.6 Å². The third kappa shape index (κ3) is 4.65. The van der Waals surface area contributed by atoms with E-state index in [-0.39, 0.29) is 12.0 Å². The van der Waals surface area contributed by atoms with Gasteiger partial charge in [0, 0.05) is 18.7 Å². The van der Waals surface area contributed by atoms with Gasteiger partial charge in [-0.25, -0.2) is 0 Å². The highest BCUT2D eigenvalue weighted by atomic mass is 16.5. The summed E-state index contributed by atoms with van der Waals surface area (Å²) < 4.78 is 5.94. The van der Waals surface area contributed by atoms with E-state index in [4.69, 9.17) is 9.72 Å². The topological polar surface area (TPSA) is 42.4 Å². The van der Waals surface area contributed by atoms with E-state index >= 15 is 0 Å². The lowest BCUT2D eigenvalue weighted by Crippen LogP contribution is -2.43. The van der Waals surface area contributed by atoms with Gasteiger partial charge in [0.15, 0.2) is 0 Å². The Morgan fingerprint density at radius 1 is 0.929 bits per heavy atom. The molecule has 3 aromatic rings. The molecule has 0 N–H and O–H groups in total. The van der Waals surface area contributed by atoms with Gasteiger partial charge in [-0.3, -0.25) is 9.78 Å². The standard InChI is InChI=1S/C24H24N2O2/c27-24(17-20-10-5-2-6-11-20)26-14-15-28-23(18-26)22-13-7-12-21(25-22)16-19-8-3-1-4-9-19/h1-13,23H,14-18H2/t23-/m1/s1. The van der Waals surface area contributed by atoms with Crippen molar-refractivity contribution in [3.63, 3.8) is 0 Å². The third-order valence-corrected chi connectivity index (χ3v) is 5.00. The summed E-state index contributed by atoms with van der Waals surface area (Å²) in [6, 6.07) is 26.2. The quantitative estimate of drug-likeness (QED) is 0.684. The molecule has 2 aromatic carbocycles. The maximum Gasteiger partial charge on any atom is 0.227 e. The summed E-state index contributed by atoms with van der Waals surface area (Å²) in [7, 11) is 0. The molecule has 1 aromatic heterocycles. The molecule has 142 valence electrons. The summed E-state index contributed by atoms with van der Waals surface area (Å²) in [5, 5.41) is 0. The highest BCUT2D eigenvalue weighted by molar-refractivity contribution is 5.78. The van der Waals surface area contributed by atoms with Gasteiger partial charge in [-0.05, 0) is 23.3 Å². The van der Waals surface area contributed by atoms with Gasteiger partial charge in [-0.15, -0.1) is 0 Å². The molecule has 0 spiro atoms. The fourth-order valence-electron chi connectivity index (χ4n) is 3.52. The molecule has 0 aliphatic carbocycles. The van der Waals surface area contributed by atoms with Crippen LogP contribution in [0.4, 0.5) is 0 Å². The maximum absolute atomic E-state index is 12.7. The Morgan fingerprint density at radius 2 is 1.64 bits per heavy atom. The van der Waals surface area contributed by atoms with E-state index < -0.39 is 0 Å².